The van der Waals surface area contributed by atoms with Gasteiger partial charge in [-0.1, -0.05) is 30.3 Å². The van der Waals surface area contributed by atoms with Gasteiger partial charge in [0.15, 0.2) is 0 Å². The molecule has 2 unspecified atom stereocenters. The van der Waals surface area contributed by atoms with E-state index in [4.69, 9.17) is 4.74 Å². The molecule has 4 nitrogen and oxygen atoms in total. The minimum atomic E-state index is -0.260. The molecular formula is C20H23FN2O2. The first-order valence-corrected chi connectivity index (χ1v) is 8.52. The maximum Gasteiger partial charge on any atom is 0.236 e. The van der Waals surface area contributed by atoms with Crippen molar-refractivity contribution < 1.29 is 13.9 Å². The second kappa shape index (κ2) is 7.66. The molecule has 2 aromatic rings. The van der Waals surface area contributed by atoms with Crippen molar-refractivity contribution in [3.05, 3.63) is 65.0 Å². The third kappa shape index (κ3) is 3.99. The topological polar surface area (TPSA) is 50.4 Å². The van der Waals surface area contributed by atoms with Crippen LogP contribution in [-0.2, 0) is 17.8 Å². The van der Waals surface area contributed by atoms with Crippen molar-refractivity contribution in [1.29, 1.82) is 0 Å². The average Bonchev–Trinajstić information content (AvgIpc) is 3.03. The molecule has 5 heteroatoms. The molecule has 1 aliphatic rings. The summed E-state index contributed by atoms with van der Waals surface area (Å²) in [6.45, 7) is 2.99. The number of halogens is 1. The molecule has 25 heavy (non-hydrogen) atoms. The minimum Gasteiger partial charge on any atom is -0.493 e. The molecule has 132 valence electrons. The first kappa shape index (κ1) is 17.4. The van der Waals surface area contributed by atoms with Gasteiger partial charge in [0.1, 0.15) is 11.6 Å². The molecular weight excluding hydrogens is 319 g/mol. The van der Waals surface area contributed by atoms with Crippen LogP contribution in [-0.4, -0.2) is 25.6 Å². The molecule has 0 fully saturated rings. The van der Waals surface area contributed by atoms with E-state index < -0.39 is 0 Å². The lowest BCUT2D eigenvalue weighted by Crippen LogP contribution is -2.40. The number of benzene rings is 2. The Morgan fingerprint density at radius 3 is 2.88 bits per heavy atom. The predicted molar refractivity (Wildman–Crippen MR) is 95.2 cm³/mol. The third-order valence-corrected chi connectivity index (χ3v) is 4.63. The Labute approximate surface area is 147 Å². The molecule has 0 spiro atoms. The summed E-state index contributed by atoms with van der Waals surface area (Å²) in [5.41, 5.74) is 2.90. The summed E-state index contributed by atoms with van der Waals surface area (Å²) in [7, 11) is 1.63. The van der Waals surface area contributed by atoms with E-state index >= 15 is 0 Å². The standard InChI is InChI=1S/C20H23FN2O2/c1-13(20(24)22-2)23-11-14-7-8-19-17(9-14)16(12-25-19)10-15-5-3-4-6-18(15)21/h3-9,13,16,23H,10-12H2,1-2H3,(H,22,24). The minimum absolute atomic E-state index is 0.0399. The van der Waals surface area contributed by atoms with Crippen molar-refractivity contribution in [1.82, 2.24) is 10.6 Å². The number of ether oxygens (including phenoxy) is 1. The van der Waals surface area contributed by atoms with Crippen LogP contribution in [0, 0.1) is 5.82 Å². The fourth-order valence-corrected chi connectivity index (χ4v) is 3.12. The second-order valence-corrected chi connectivity index (χ2v) is 6.39. The summed E-state index contributed by atoms with van der Waals surface area (Å²) in [5.74, 6) is 0.794. The highest BCUT2D eigenvalue weighted by Crippen LogP contribution is 2.36. The van der Waals surface area contributed by atoms with Gasteiger partial charge in [0.05, 0.1) is 12.6 Å². The lowest BCUT2D eigenvalue weighted by molar-refractivity contribution is -0.122. The lowest BCUT2D eigenvalue weighted by Gasteiger charge is -2.14. The molecule has 0 bridgehead atoms. The van der Waals surface area contributed by atoms with Crippen molar-refractivity contribution in [2.45, 2.75) is 31.8 Å². The zero-order valence-electron chi connectivity index (χ0n) is 14.5. The Bertz CT molecular complexity index is 763. The summed E-state index contributed by atoms with van der Waals surface area (Å²) in [5, 5.41) is 5.83. The number of hydrogen-bond donors (Lipinski definition) is 2. The molecule has 0 saturated heterocycles. The SMILES string of the molecule is CNC(=O)C(C)NCc1ccc2c(c1)C(Cc1ccccc1F)CO2. The number of likely N-dealkylation sites (N-methyl/N-ethyl adjacent to an activating group) is 1. The Kier molecular flexibility index (Phi) is 5.34. The van der Waals surface area contributed by atoms with Gasteiger partial charge >= 0.3 is 0 Å². The first-order chi connectivity index (χ1) is 12.1. The van der Waals surface area contributed by atoms with Gasteiger partial charge in [-0.15, -0.1) is 0 Å². The van der Waals surface area contributed by atoms with Crippen LogP contribution in [0.2, 0.25) is 0 Å². The lowest BCUT2D eigenvalue weighted by atomic mass is 9.92. The van der Waals surface area contributed by atoms with Crippen LogP contribution >= 0.6 is 0 Å². The molecule has 0 aromatic heterocycles. The van der Waals surface area contributed by atoms with Crippen LogP contribution in [0.1, 0.15) is 29.5 Å². The molecule has 3 rings (SSSR count). The number of carbonyl (C=O) groups is 1. The van der Waals surface area contributed by atoms with E-state index in [1.54, 1.807) is 13.1 Å². The van der Waals surface area contributed by atoms with E-state index in [9.17, 15) is 9.18 Å². The molecule has 1 aliphatic heterocycles. The van der Waals surface area contributed by atoms with Crippen molar-refractivity contribution in [2.24, 2.45) is 0 Å². The maximum absolute atomic E-state index is 13.9. The van der Waals surface area contributed by atoms with E-state index in [0.29, 0.717) is 25.1 Å². The molecule has 1 amide bonds. The first-order valence-electron chi connectivity index (χ1n) is 8.52. The van der Waals surface area contributed by atoms with Crippen molar-refractivity contribution >= 4 is 5.91 Å². The smallest absolute Gasteiger partial charge is 0.236 e. The highest BCUT2D eigenvalue weighted by atomic mass is 19.1. The van der Waals surface area contributed by atoms with Crippen molar-refractivity contribution in [3.63, 3.8) is 0 Å². The van der Waals surface area contributed by atoms with E-state index in [0.717, 1.165) is 16.9 Å². The Morgan fingerprint density at radius 2 is 2.12 bits per heavy atom. The van der Waals surface area contributed by atoms with Crippen molar-refractivity contribution in [3.8, 4) is 5.75 Å². The van der Waals surface area contributed by atoms with E-state index in [-0.39, 0.29) is 23.7 Å². The zero-order chi connectivity index (χ0) is 17.8. The van der Waals surface area contributed by atoms with Crippen LogP contribution in [0.15, 0.2) is 42.5 Å². The number of carbonyl (C=O) groups excluding carboxylic acids is 1. The molecule has 0 radical (unpaired) electrons. The third-order valence-electron chi connectivity index (χ3n) is 4.63. The highest BCUT2D eigenvalue weighted by Gasteiger charge is 2.25. The predicted octanol–water partition coefficient (Wildman–Crippen LogP) is 2.77. The summed E-state index contributed by atoms with van der Waals surface area (Å²) in [6, 6.07) is 12.7. The number of fused-ring (bicyclic) bond motifs is 1. The van der Waals surface area contributed by atoms with Crippen LogP contribution in [0.3, 0.4) is 0 Å². The monoisotopic (exact) mass is 342 g/mol. The van der Waals surface area contributed by atoms with Gasteiger partial charge in [-0.05, 0) is 36.6 Å². The summed E-state index contributed by atoms with van der Waals surface area (Å²) in [6.07, 6.45) is 0.616. The normalized spacial score (nSPS) is 16.8. The molecule has 0 aliphatic carbocycles. The molecule has 2 aromatic carbocycles. The quantitative estimate of drug-likeness (QED) is 0.849. The van der Waals surface area contributed by atoms with Gasteiger partial charge in [-0.2, -0.15) is 0 Å². The summed E-state index contributed by atoms with van der Waals surface area (Å²) >= 11 is 0. The largest absolute Gasteiger partial charge is 0.493 e. The van der Waals surface area contributed by atoms with Crippen LogP contribution in [0.4, 0.5) is 4.39 Å². The van der Waals surface area contributed by atoms with Gasteiger partial charge < -0.3 is 15.4 Å². The highest BCUT2D eigenvalue weighted by molar-refractivity contribution is 5.80. The number of nitrogens with one attached hydrogen (secondary N) is 2. The van der Waals surface area contributed by atoms with Gasteiger partial charge in [0.2, 0.25) is 5.91 Å². The van der Waals surface area contributed by atoms with Crippen LogP contribution in [0.25, 0.3) is 0 Å². The fourth-order valence-electron chi connectivity index (χ4n) is 3.12. The average molecular weight is 342 g/mol. The van der Waals surface area contributed by atoms with Gasteiger partial charge in [-0.3, -0.25) is 4.79 Å². The molecule has 0 saturated carbocycles. The fraction of sp³-hybridized carbons (Fsp3) is 0.350. The van der Waals surface area contributed by atoms with Crippen LogP contribution in [0.5, 0.6) is 5.75 Å². The Hall–Kier alpha value is -2.40. The zero-order valence-corrected chi connectivity index (χ0v) is 14.5. The summed E-state index contributed by atoms with van der Waals surface area (Å²) in [4.78, 5) is 11.6. The van der Waals surface area contributed by atoms with Gasteiger partial charge in [-0.25, -0.2) is 4.39 Å². The number of hydrogen-bond acceptors (Lipinski definition) is 3. The number of amides is 1. The van der Waals surface area contributed by atoms with Gasteiger partial charge in [0, 0.05) is 25.1 Å². The Morgan fingerprint density at radius 1 is 1.32 bits per heavy atom. The van der Waals surface area contributed by atoms with Crippen molar-refractivity contribution in [2.75, 3.05) is 13.7 Å². The maximum atomic E-state index is 13.9. The van der Waals surface area contributed by atoms with E-state index in [1.807, 2.05) is 31.2 Å². The van der Waals surface area contributed by atoms with E-state index in [1.165, 1.54) is 6.07 Å². The molecule has 1 heterocycles. The summed E-state index contributed by atoms with van der Waals surface area (Å²) < 4.78 is 19.7. The van der Waals surface area contributed by atoms with E-state index in [2.05, 4.69) is 16.7 Å². The van der Waals surface area contributed by atoms with Gasteiger partial charge in [0.25, 0.3) is 0 Å². The molecule has 2 N–H and O–H groups in total. The number of rotatable bonds is 6. The molecule has 2 atom stereocenters. The van der Waals surface area contributed by atoms with Crippen LogP contribution < -0.4 is 15.4 Å². The Balaban J connectivity index is 1.71. The second-order valence-electron chi connectivity index (χ2n) is 6.39.